The van der Waals surface area contributed by atoms with Crippen LogP contribution in [0.15, 0.2) is 24.5 Å². The van der Waals surface area contributed by atoms with E-state index in [-0.39, 0.29) is 0 Å². The SMILES string of the molecule is CN(C)CCNC(C)(C(N)=O)c1cccnc1. The molecule has 1 aromatic rings. The molecule has 94 valence electrons. The van der Waals surface area contributed by atoms with Crippen molar-refractivity contribution in [2.24, 2.45) is 5.73 Å². The van der Waals surface area contributed by atoms with Crippen LogP contribution in [0, 0.1) is 0 Å². The predicted octanol–water partition coefficient (Wildman–Crippen LogP) is -0.0667. The lowest BCUT2D eigenvalue weighted by Crippen LogP contribution is -2.52. The van der Waals surface area contributed by atoms with Crippen LogP contribution in [-0.2, 0) is 10.3 Å². The van der Waals surface area contributed by atoms with Gasteiger partial charge in [-0.1, -0.05) is 6.07 Å². The Bertz CT molecular complexity index is 366. The number of hydrogen-bond acceptors (Lipinski definition) is 4. The van der Waals surface area contributed by atoms with E-state index < -0.39 is 11.4 Å². The molecule has 3 N–H and O–H groups in total. The topological polar surface area (TPSA) is 71.2 Å². The van der Waals surface area contributed by atoms with Crippen molar-refractivity contribution in [1.82, 2.24) is 15.2 Å². The Labute approximate surface area is 102 Å². The minimum Gasteiger partial charge on any atom is -0.368 e. The summed E-state index contributed by atoms with van der Waals surface area (Å²) in [5, 5.41) is 3.19. The summed E-state index contributed by atoms with van der Waals surface area (Å²) in [5.41, 5.74) is 5.39. The minimum atomic E-state index is -0.871. The molecule has 0 aliphatic heterocycles. The van der Waals surface area contributed by atoms with E-state index in [0.717, 1.165) is 12.1 Å². The Kier molecular flexibility index (Phi) is 4.60. The molecule has 0 radical (unpaired) electrons. The Balaban J connectivity index is 2.80. The average molecular weight is 236 g/mol. The van der Waals surface area contributed by atoms with Crippen LogP contribution >= 0.6 is 0 Å². The van der Waals surface area contributed by atoms with Crippen LogP contribution in [0.4, 0.5) is 0 Å². The monoisotopic (exact) mass is 236 g/mol. The number of hydrogen-bond donors (Lipinski definition) is 2. The maximum absolute atomic E-state index is 11.6. The molecule has 1 heterocycles. The van der Waals surface area contributed by atoms with Crippen molar-refractivity contribution in [3.63, 3.8) is 0 Å². The maximum atomic E-state index is 11.6. The summed E-state index contributed by atoms with van der Waals surface area (Å²) in [5.74, 6) is -0.399. The van der Waals surface area contributed by atoms with Gasteiger partial charge in [-0.05, 0) is 32.6 Å². The van der Waals surface area contributed by atoms with Crippen LogP contribution in [0.2, 0.25) is 0 Å². The summed E-state index contributed by atoms with van der Waals surface area (Å²) < 4.78 is 0. The van der Waals surface area contributed by atoms with Crippen LogP contribution < -0.4 is 11.1 Å². The van der Waals surface area contributed by atoms with E-state index in [0.29, 0.717) is 6.54 Å². The molecule has 17 heavy (non-hydrogen) atoms. The van der Waals surface area contributed by atoms with Crippen molar-refractivity contribution in [2.45, 2.75) is 12.5 Å². The Morgan fingerprint density at radius 2 is 2.29 bits per heavy atom. The third-order valence-electron chi connectivity index (χ3n) is 2.77. The lowest BCUT2D eigenvalue weighted by molar-refractivity contribution is -0.124. The highest BCUT2D eigenvalue weighted by Gasteiger charge is 2.32. The van der Waals surface area contributed by atoms with Crippen LogP contribution in [0.5, 0.6) is 0 Å². The molecule has 5 nitrogen and oxygen atoms in total. The normalized spacial score (nSPS) is 14.6. The van der Waals surface area contributed by atoms with Crippen molar-refractivity contribution in [1.29, 1.82) is 0 Å². The van der Waals surface area contributed by atoms with Crippen LogP contribution in [0.1, 0.15) is 12.5 Å². The first-order valence-corrected chi connectivity index (χ1v) is 5.57. The Hall–Kier alpha value is -1.46. The molecule has 1 amide bonds. The molecule has 0 aliphatic carbocycles. The predicted molar refractivity (Wildman–Crippen MR) is 67.3 cm³/mol. The van der Waals surface area contributed by atoms with Gasteiger partial charge in [-0.2, -0.15) is 0 Å². The van der Waals surface area contributed by atoms with Gasteiger partial charge in [0, 0.05) is 25.5 Å². The van der Waals surface area contributed by atoms with Crippen LogP contribution in [-0.4, -0.2) is 43.0 Å². The van der Waals surface area contributed by atoms with Gasteiger partial charge in [0.25, 0.3) is 0 Å². The molecule has 5 heteroatoms. The van der Waals surface area contributed by atoms with E-state index in [2.05, 4.69) is 10.3 Å². The number of aromatic nitrogens is 1. The number of primary amides is 1. The number of carbonyl (C=O) groups is 1. The number of likely N-dealkylation sites (N-methyl/N-ethyl adjacent to an activating group) is 1. The number of nitrogens with zero attached hydrogens (tertiary/aromatic N) is 2. The molecule has 0 aliphatic rings. The van der Waals surface area contributed by atoms with E-state index in [9.17, 15) is 4.79 Å². The van der Waals surface area contributed by atoms with E-state index >= 15 is 0 Å². The van der Waals surface area contributed by atoms with Crippen molar-refractivity contribution >= 4 is 5.91 Å². The van der Waals surface area contributed by atoms with Gasteiger partial charge in [-0.25, -0.2) is 0 Å². The molecule has 0 spiro atoms. The van der Waals surface area contributed by atoms with Gasteiger partial charge in [0.15, 0.2) is 0 Å². The second-order valence-electron chi connectivity index (χ2n) is 4.46. The van der Waals surface area contributed by atoms with Crippen molar-refractivity contribution in [2.75, 3.05) is 27.2 Å². The average Bonchev–Trinajstić information content (AvgIpc) is 2.29. The molecular weight excluding hydrogens is 216 g/mol. The molecule has 1 aromatic heterocycles. The highest BCUT2D eigenvalue weighted by Crippen LogP contribution is 2.18. The maximum Gasteiger partial charge on any atom is 0.242 e. The molecular formula is C12H20N4O. The van der Waals surface area contributed by atoms with Crippen molar-refractivity contribution in [3.05, 3.63) is 30.1 Å². The molecule has 0 saturated carbocycles. The van der Waals surface area contributed by atoms with Crippen LogP contribution in [0.25, 0.3) is 0 Å². The minimum absolute atomic E-state index is 0.399. The zero-order chi connectivity index (χ0) is 12.9. The van der Waals surface area contributed by atoms with Crippen LogP contribution in [0.3, 0.4) is 0 Å². The fourth-order valence-electron chi connectivity index (χ4n) is 1.52. The first-order chi connectivity index (χ1) is 7.97. The number of amides is 1. The summed E-state index contributed by atoms with van der Waals surface area (Å²) in [7, 11) is 3.96. The second-order valence-corrected chi connectivity index (χ2v) is 4.46. The van der Waals surface area contributed by atoms with E-state index in [4.69, 9.17) is 5.73 Å². The second kappa shape index (κ2) is 5.75. The molecule has 0 bridgehead atoms. The molecule has 0 fully saturated rings. The summed E-state index contributed by atoms with van der Waals surface area (Å²) in [6, 6.07) is 3.64. The molecule has 1 rings (SSSR count). The largest absolute Gasteiger partial charge is 0.368 e. The van der Waals surface area contributed by atoms with Crippen molar-refractivity contribution in [3.8, 4) is 0 Å². The van der Waals surface area contributed by atoms with Gasteiger partial charge in [-0.3, -0.25) is 15.1 Å². The van der Waals surface area contributed by atoms with Gasteiger partial charge in [-0.15, -0.1) is 0 Å². The van der Waals surface area contributed by atoms with E-state index in [1.54, 1.807) is 25.4 Å². The van der Waals surface area contributed by atoms with E-state index in [1.165, 1.54) is 0 Å². The number of nitrogens with two attached hydrogens (primary N) is 1. The third kappa shape index (κ3) is 3.51. The first kappa shape index (κ1) is 13.6. The molecule has 1 unspecified atom stereocenters. The first-order valence-electron chi connectivity index (χ1n) is 5.57. The zero-order valence-corrected chi connectivity index (χ0v) is 10.6. The summed E-state index contributed by atoms with van der Waals surface area (Å²) >= 11 is 0. The fourth-order valence-corrected chi connectivity index (χ4v) is 1.52. The smallest absolute Gasteiger partial charge is 0.242 e. The van der Waals surface area contributed by atoms with E-state index in [1.807, 2.05) is 25.1 Å². The Morgan fingerprint density at radius 1 is 1.59 bits per heavy atom. The summed E-state index contributed by atoms with van der Waals surface area (Å²) in [4.78, 5) is 17.7. The van der Waals surface area contributed by atoms with Gasteiger partial charge >= 0.3 is 0 Å². The number of nitrogens with one attached hydrogen (secondary N) is 1. The molecule has 0 aromatic carbocycles. The van der Waals surface area contributed by atoms with Crippen molar-refractivity contribution < 1.29 is 4.79 Å². The number of rotatable bonds is 6. The highest BCUT2D eigenvalue weighted by atomic mass is 16.1. The molecule has 1 atom stereocenters. The summed E-state index contributed by atoms with van der Waals surface area (Å²) in [6.45, 7) is 3.30. The van der Waals surface area contributed by atoms with Gasteiger partial charge in [0.2, 0.25) is 5.91 Å². The van der Waals surface area contributed by atoms with Gasteiger partial charge in [0.1, 0.15) is 5.54 Å². The third-order valence-corrected chi connectivity index (χ3v) is 2.77. The lowest BCUT2D eigenvalue weighted by atomic mass is 9.92. The number of pyridine rings is 1. The zero-order valence-electron chi connectivity index (χ0n) is 10.6. The standard InChI is InChI=1S/C12H20N4O/c1-12(11(13)17,15-7-8-16(2)3)10-5-4-6-14-9-10/h4-6,9,15H,7-8H2,1-3H3,(H2,13,17). The summed E-state index contributed by atoms with van der Waals surface area (Å²) in [6.07, 6.45) is 3.33. The van der Waals surface area contributed by atoms with Gasteiger partial charge in [0.05, 0.1) is 0 Å². The quantitative estimate of drug-likeness (QED) is 0.725. The van der Waals surface area contributed by atoms with Gasteiger partial charge < -0.3 is 10.6 Å². The number of carbonyl (C=O) groups excluding carboxylic acids is 1. The fraction of sp³-hybridized carbons (Fsp3) is 0.500. The lowest BCUT2D eigenvalue weighted by Gasteiger charge is -2.28. The Morgan fingerprint density at radius 3 is 2.76 bits per heavy atom. The highest BCUT2D eigenvalue weighted by molar-refractivity contribution is 5.85. The molecule has 0 saturated heterocycles.